The summed E-state index contributed by atoms with van der Waals surface area (Å²) in [4.78, 5) is 38.9. The monoisotopic (exact) mass is 307 g/mol. The quantitative estimate of drug-likeness (QED) is 0.479. The summed E-state index contributed by atoms with van der Waals surface area (Å²) >= 11 is 0. The second-order valence-electron chi connectivity index (χ2n) is 7.27. The molecule has 3 fully saturated rings. The summed E-state index contributed by atoms with van der Waals surface area (Å²) in [5.74, 6) is 1.06. The zero-order valence-corrected chi connectivity index (χ0v) is 12.8. The van der Waals surface area contributed by atoms with Crippen molar-refractivity contribution in [3.05, 3.63) is 42.0 Å². The number of amides is 2. The molecule has 6 atom stereocenters. The highest BCUT2D eigenvalue weighted by Gasteiger charge is 2.67. The Labute approximate surface area is 134 Å². The molecule has 1 aromatic rings. The van der Waals surface area contributed by atoms with Gasteiger partial charge in [-0.2, -0.15) is 0 Å². The molecule has 1 aromatic carbocycles. The topological polar surface area (TPSA) is 54.5 Å². The van der Waals surface area contributed by atoms with Crippen LogP contribution in [0.3, 0.4) is 0 Å². The number of hydrogen-bond donors (Lipinski definition) is 0. The number of carbonyl (C=O) groups is 3. The number of Topliss-reactive ketones (excluding diaryl/α,β-unsaturated/α-hetero) is 1. The minimum atomic E-state index is -0.192. The minimum absolute atomic E-state index is 0.0636. The van der Waals surface area contributed by atoms with E-state index in [4.69, 9.17) is 0 Å². The van der Waals surface area contributed by atoms with Gasteiger partial charge in [0.25, 0.3) is 0 Å². The molecule has 1 heterocycles. The van der Waals surface area contributed by atoms with Crippen molar-refractivity contribution in [1.29, 1.82) is 0 Å². The first-order valence-corrected chi connectivity index (χ1v) is 8.25. The fourth-order valence-electron chi connectivity index (χ4n) is 5.08. The molecule has 4 aliphatic carbocycles. The van der Waals surface area contributed by atoms with Crippen molar-refractivity contribution >= 4 is 23.3 Å². The van der Waals surface area contributed by atoms with E-state index in [-0.39, 0.29) is 41.3 Å². The number of ketones is 1. The van der Waals surface area contributed by atoms with E-state index in [2.05, 4.69) is 12.2 Å². The molecular weight excluding hydrogens is 290 g/mol. The summed E-state index contributed by atoms with van der Waals surface area (Å²) in [6, 6.07) is 6.85. The maximum Gasteiger partial charge on any atom is 0.238 e. The Kier molecular flexibility index (Phi) is 2.41. The maximum absolute atomic E-state index is 13.0. The average molecular weight is 307 g/mol. The van der Waals surface area contributed by atoms with Gasteiger partial charge in [0.15, 0.2) is 5.78 Å². The smallest absolute Gasteiger partial charge is 0.238 e. The second-order valence-corrected chi connectivity index (χ2v) is 7.27. The molecule has 0 aromatic heterocycles. The van der Waals surface area contributed by atoms with Crippen LogP contribution in [0.4, 0.5) is 5.69 Å². The number of imide groups is 1. The lowest BCUT2D eigenvalue weighted by Gasteiger charge is -2.37. The lowest BCUT2D eigenvalue weighted by atomic mass is 9.63. The summed E-state index contributed by atoms with van der Waals surface area (Å²) in [7, 11) is 0. The number of anilines is 1. The molecule has 5 aliphatic rings. The third-order valence-electron chi connectivity index (χ3n) is 6.17. The number of rotatable bonds is 2. The Morgan fingerprint density at radius 3 is 2.22 bits per heavy atom. The summed E-state index contributed by atoms with van der Waals surface area (Å²) in [6.07, 6.45) is 5.50. The molecule has 1 saturated heterocycles. The summed E-state index contributed by atoms with van der Waals surface area (Å²) in [6.45, 7) is 1.49. The zero-order chi connectivity index (χ0) is 15.9. The number of hydrogen-bond acceptors (Lipinski definition) is 3. The third kappa shape index (κ3) is 1.58. The van der Waals surface area contributed by atoms with Crippen LogP contribution in [0.2, 0.25) is 0 Å². The van der Waals surface area contributed by atoms with E-state index in [9.17, 15) is 14.4 Å². The molecule has 1 aliphatic heterocycles. The highest BCUT2D eigenvalue weighted by Crippen LogP contribution is 2.65. The Bertz CT molecular complexity index is 760. The molecule has 0 unspecified atom stereocenters. The van der Waals surface area contributed by atoms with E-state index in [1.54, 1.807) is 24.3 Å². The fraction of sp³-hybridized carbons (Fsp3) is 0.421. The lowest BCUT2D eigenvalue weighted by Crippen LogP contribution is -2.40. The molecule has 0 N–H and O–H groups in total. The van der Waals surface area contributed by atoms with Gasteiger partial charge in [0, 0.05) is 5.56 Å². The van der Waals surface area contributed by atoms with Crippen LogP contribution in [0.25, 0.3) is 0 Å². The molecule has 23 heavy (non-hydrogen) atoms. The third-order valence-corrected chi connectivity index (χ3v) is 6.17. The first-order valence-electron chi connectivity index (χ1n) is 8.25. The number of benzene rings is 1. The van der Waals surface area contributed by atoms with Crippen LogP contribution in [0.15, 0.2) is 36.4 Å². The lowest BCUT2D eigenvalue weighted by molar-refractivity contribution is -0.124. The van der Waals surface area contributed by atoms with Crippen molar-refractivity contribution in [2.24, 2.45) is 35.5 Å². The Morgan fingerprint density at radius 2 is 1.65 bits per heavy atom. The Morgan fingerprint density at radius 1 is 1.04 bits per heavy atom. The van der Waals surface area contributed by atoms with Crippen molar-refractivity contribution in [3.63, 3.8) is 0 Å². The van der Waals surface area contributed by atoms with Crippen molar-refractivity contribution in [1.82, 2.24) is 0 Å². The van der Waals surface area contributed by atoms with Crippen LogP contribution in [-0.2, 0) is 9.59 Å². The number of nitrogens with zero attached hydrogens (tertiary/aromatic N) is 1. The largest absolute Gasteiger partial charge is 0.295 e. The van der Waals surface area contributed by atoms with Gasteiger partial charge >= 0.3 is 0 Å². The van der Waals surface area contributed by atoms with Crippen LogP contribution in [0, 0.1) is 35.5 Å². The highest BCUT2D eigenvalue weighted by atomic mass is 16.2. The second kappa shape index (κ2) is 4.19. The standard InChI is InChI=1S/C19H17NO3/c1-9(21)10-3-2-4-11(7-10)20-18(22)16-12-5-6-13(15-8-14(12)15)17(16)19(20)23/h2-7,12-17H,8H2,1H3/t12-,13-,14+,15+,16+,17+/m1/s1. The van der Waals surface area contributed by atoms with Gasteiger partial charge in [0.1, 0.15) is 0 Å². The fourth-order valence-corrected chi connectivity index (χ4v) is 5.08. The predicted octanol–water partition coefficient (Wildman–Crippen LogP) is 2.45. The van der Waals surface area contributed by atoms with Gasteiger partial charge in [-0.05, 0) is 49.1 Å². The summed E-state index contributed by atoms with van der Waals surface area (Å²) < 4.78 is 0. The van der Waals surface area contributed by atoms with Crippen molar-refractivity contribution in [2.45, 2.75) is 13.3 Å². The van der Waals surface area contributed by atoms with Crippen LogP contribution in [0.1, 0.15) is 23.7 Å². The number of carbonyl (C=O) groups excluding carboxylic acids is 3. The van der Waals surface area contributed by atoms with Gasteiger partial charge in [-0.1, -0.05) is 24.3 Å². The molecule has 2 amide bonds. The highest BCUT2D eigenvalue weighted by molar-refractivity contribution is 6.23. The normalized spacial score (nSPS) is 39.4. The molecule has 6 rings (SSSR count). The van der Waals surface area contributed by atoms with Crippen LogP contribution >= 0.6 is 0 Å². The van der Waals surface area contributed by atoms with E-state index in [0.29, 0.717) is 23.1 Å². The molecule has 2 bridgehead atoms. The Balaban J connectivity index is 1.57. The van der Waals surface area contributed by atoms with Crippen LogP contribution in [0.5, 0.6) is 0 Å². The predicted molar refractivity (Wildman–Crippen MR) is 83.6 cm³/mol. The van der Waals surface area contributed by atoms with Gasteiger partial charge in [-0.25, -0.2) is 4.90 Å². The van der Waals surface area contributed by atoms with Crippen LogP contribution in [-0.4, -0.2) is 17.6 Å². The van der Waals surface area contributed by atoms with Gasteiger partial charge in [-0.15, -0.1) is 0 Å². The van der Waals surface area contributed by atoms with E-state index in [0.717, 1.165) is 6.42 Å². The molecule has 116 valence electrons. The van der Waals surface area contributed by atoms with Gasteiger partial charge in [-0.3, -0.25) is 14.4 Å². The first-order chi connectivity index (χ1) is 11.1. The van der Waals surface area contributed by atoms with E-state index < -0.39 is 0 Å². The number of allylic oxidation sites excluding steroid dienone is 2. The van der Waals surface area contributed by atoms with Gasteiger partial charge in [0.05, 0.1) is 17.5 Å². The molecular formula is C19H17NO3. The molecule has 4 heteroatoms. The average Bonchev–Trinajstić information content (AvgIpc) is 3.32. The van der Waals surface area contributed by atoms with Gasteiger partial charge in [0.2, 0.25) is 11.8 Å². The van der Waals surface area contributed by atoms with Crippen molar-refractivity contribution < 1.29 is 14.4 Å². The molecule has 2 saturated carbocycles. The maximum atomic E-state index is 13.0. The van der Waals surface area contributed by atoms with E-state index in [1.165, 1.54) is 11.8 Å². The zero-order valence-electron chi connectivity index (χ0n) is 12.8. The van der Waals surface area contributed by atoms with Crippen molar-refractivity contribution in [2.75, 3.05) is 4.90 Å². The molecule has 4 nitrogen and oxygen atoms in total. The summed E-state index contributed by atoms with van der Waals surface area (Å²) in [5, 5.41) is 0. The minimum Gasteiger partial charge on any atom is -0.295 e. The van der Waals surface area contributed by atoms with E-state index in [1.807, 2.05) is 0 Å². The molecule has 0 spiro atoms. The SMILES string of the molecule is CC(=O)c1cccc(N2C(=O)[C@H]3[C@@H]4C=C[C@H]([C@@H]5C[C@@H]45)[C@@H]3C2=O)c1. The van der Waals surface area contributed by atoms with Gasteiger partial charge < -0.3 is 0 Å². The van der Waals surface area contributed by atoms with Crippen LogP contribution < -0.4 is 4.90 Å². The van der Waals surface area contributed by atoms with Crippen molar-refractivity contribution in [3.8, 4) is 0 Å². The first kappa shape index (κ1) is 13.2. The Hall–Kier alpha value is -2.23. The van der Waals surface area contributed by atoms with E-state index >= 15 is 0 Å². The summed E-state index contributed by atoms with van der Waals surface area (Å²) in [5.41, 5.74) is 1.07. The molecule has 0 radical (unpaired) electrons.